The van der Waals surface area contributed by atoms with Crippen LogP contribution in [0.3, 0.4) is 0 Å². The molecule has 1 atom stereocenters. The van der Waals surface area contributed by atoms with Crippen LogP contribution >= 0.6 is 23.2 Å². The van der Waals surface area contributed by atoms with Gasteiger partial charge in [-0.1, -0.05) is 48.9 Å². The summed E-state index contributed by atoms with van der Waals surface area (Å²) >= 11 is 11.7. The summed E-state index contributed by atoms with van der Waals surface area (Å²) < 4.78 is 5.16. The third-order valence-corrected chi connectivity index (χ3v) is 4.45. The van der Waals surface area contributed by atoms with E-state index in [-0.39, 0.29) is 16.8 Å². The Bertz CT molecular complexity index is 574. The first-order valence-electron chi connectivity index (χ1n) is 7.77. The standard InChI is InChI=1S/C16H20Cl2N2O3/c1-10(23-14(21)7-6-11-4-2-3-5-11)16(22)20-15-13(18)8-12(17)9-19-15/h8-11H,2-7H2,1H3,(H,19,20,22)/t10-/m0/s1. The number of nitrogens with zero attached hydrogens (tertiary/aromatic N) is 1. The molecule has 0 aliphatic heterocycles. The molecule has 126 valence electrons. The van der Waals surface area contributed by atoms with Crippen LogP contribution < -0.4 is 5.32 Å². The number of halogens is 2. The number of rotatable bonds is 6. The van der Waals surface area contributed by atoms with E-state index in [9.17, 15) is 9.59 Å². The van der Waals surface area contributed by atoms with Gasteiger partial charge in [-0.15, -0.1) is 0 Å². The van der Waals surface area contributed by atoms with Crippen LogP contribution in [0.15, 0.2) is 12.3 Å². The number of esters is 1. The fraction of sp³-hybridized carbons (Fsp3) is 0.562. The monoisotopic (exact) mass is 358 g/mol. The van der Waals surface area contributed by atoms with Gasteiger partial charge in [0.1, 0.15) is 0 Å². The van der Waals surface area contributed by atoms with E-state index in [0.717, 1.165) is 6.42 Å². The Kier molecular flexibility index (Phi) is 6.66. The summed E-state index contributed by atoms with van der Waals surface area (Å²) in [6.45, 7) is 1.52. The molecule has 5 nitrogen and oxygen atoms in total. The second kappa shape index (κ2) is 8.50. The van der Waals surface area contributed by atoms with Gasteiger partial charge in [-0.25, -0.2) is 4.98 Å². The van der Waals surface area contributed by atoms with E-state index in [1.165, 1.54) is 44.9 Å². The van der Waals surface area contributed by atoms with Gasteiger partial charge in [0, 0.05) is 12.6 Å². The van der Waals surface area contributed by atoms with Crippen molar-refractivity contribution in [3.8, 4) is 0 Å². The summed E-state index contributed by atoms with van der Waals surface area (Å²) in [7, 11) is 0. The summed E-state index contributed by atoms with van der Waals surface area (Å²) in [6.07, 6.45) is 6.51. The number of pyridine rings is 1. The molecule has 1 fully saturated rings. The highest BCUT2D eigenvalue weighted by molar-refractivity contribution is 6.36. The lowest BCUT2D eigenvalue weighted by Crippen LogP contribution is -2.30. The average Bonchev–Trinajstić information content (AvgIpc) is 3.01. The number of hydrogen-bond donors (Lipinski definition) is 1. The van der Waals surface area contributed by atoms with Crippen LogP contribution in [-0.4, -0.2) is 23.0 Å². The third-order valence-electron chi connectivity index (χ3n) is 3.96. The topological polar surface area (TPSA) is 68.3 Å². The van der Waals surface area contributed by atoms with Crippen LogP contribution in [0.25, 0.3) is 0 Å². The number of aromatic nitrogens is 1. The van der Waals surface area contributed by atoms with Crippen LogP contribution in [0.2, 0.25) is 10.0 Å². The molecular formula is C16H20Cl2N2O3. The summed E-state index contributed by atoms with van der Waals surface area (Å²) in [5, 5.41) is 3.12. The van der Waals surface area contributed by atoms with Gasteiger partial charge in [0.05, 0.1) is 10.0 Å². The Morgan fingerprint density at radius 2 is 2.09 bits per heavy atom. The van der Waals surface area contributed by atoms with Gasteiger partial charge in [-0.2, -0.15) is 0 Å². The number of nitrogens with one attached hydrogen (secondary N) is 1. The zero-order chi connectivity index (χ0) is 16.8. The van der Waals surface area contributed by atoms with Crippen molar-refractivity contribution in [3.63, 3.8) is 0 Å². The molecule has 0 unspecified atom stereocenters. The van der Waals surface area contributed by atoms with Crippen molar-refractivity contribution in [2.24, 2.45) is 5.92 Å². The van der Waals surface area contributed by atoms with Crippen LogP contribution in [0.1, 0.15) is 45.4 Å². The van der Waals surface area contributed by atoms with E-state index in [0.29, 0.717) is 17.4 Å². The largest absolute Gasteiger partial charge is 0.453 e. The average molecular weight is 359 g/mol. The van der Waals surface area contributed by atoms with Gasteiger partial charge < -0.3 is 10.1 Å². The van der Waals surface area contributed by atoms with E-state index >= 15 is 0 Å². The SMILES string of the molecule is C[C@H](OC(=O)CCC1CCCC1)C(=O)Nc1ncc(Cl)cc1Cl. The van der Waals surface area contributed by atoms with Crippen molar-refractivity contribution in [2.45, 2.75) is 51.6 Å². The molecule has 1 amide bonds. The van der Waals surface area contributed by atoms with E-state index in [1.807, 2.05) is 0 Å². The van der Waals surface area contributed by atoms with E-state index in [2.05, 4.69) is 10.3 Å². The molecule has 1 aromatic heterocycles. The Labute approximate surface area is 145 Å². The molecule has 0 bridgehead atoms. The predicted octanol–water partition coefficient (Wildman–Crippen LogP) is 4.23. The molecule has 1 aliphatic rings. The van der Waals surface area contributed by atoms with Crippen LogP contribution in [-0.2, 0) is 14.3 Å². The van der Waals surface area contributed by atoms with Crippen molar-refractivity contribution < 1.29 is 14.3 Å². The summed E-state index contributed by atoms with van der Waals surface area (Å²) in [5.74, 6) is -0.0238. The van der Waals surface area contributed by atoms with Crippen LogP contribution in [0.4, 0.5) is 5.82 Å². The second-order valence-corrected chi connectivity index (χ2v) is 6.64. The lowest BCUT2D eigenvalue weighted by Gasteiger charge is -2.14. The van der Waals surface area contributed by atoms with Crippen LogP contribution in [0.5, 0.6) is 0 Å². The molecule has 1 N–H and O–H groups in total. The maximum absolute atomic E-state index is 12.0. The van der Waals surface area contributed by atoms with Gasteiger partial charge in [-0.05, 0) is 25.3 Å². The van der Waals surface area contributed by atoms with E-state index < -0.39 is 12.0 Å². The van der Waals surface area contributed by atoms with Crippen molar-refractivity contribution >= 4 is 40.9 Å². The minimum absolute atomic E-state index is 0.190. The first-order valence-corrected chi connectivity index (χ1v) is 8.52. The van der Waals surface area contributed by atoms with Crippen LogP contribution in [0, 0.1) is 5.92 Å². The van der Waals surface area contributed by atoms with Gasteiger partial charge in [0.15, 0.2) is 11.9 Å². The smallest absolute Gasteiger partial charge is 0.306 e. The summed E-state index contributed by atoms with van der Waals surface area (Å²) in [6, 6.07) is 1.48. The fourth-order valence-electron chi connectivity index (χ4n) is 2.66. The van der Waals surface area contributed by atoms with E-state index in [4.69, 9.17) is 27.9 Å². The van der Waals surface area contributed by atoms with Crippen molar-refractivity contribution in [1.29, 1.82) is 0 Å². The zero-order valence-electron chi connectivity index (χ0n) is 13.0. The minimum Gasteiger partial charge on any atom is -0.453 e. The molecule has 1 aliphatic carbocycles. The highest BCUT2D eigenvalue weighted by Crippen LogP contribution is 2.28. The normalized spacial score (nSPS) is 16.1. The molecule has 0 radical (unpaired) electrons. The van der Waals surface area contributed by atoms with Gasteiger partial charge in [-0.3, -0.25) is 9.59 Å². The molecule has 1 saturated carbocycles. The molecule has 0 saturated heterocycles. The van der Waals surface area contributed by atoms with Crippen molar-refractivity contribution in [2.75, 3.05) is 5.32 Å². The number of carbonyl (C=O) groups excluding carboxylic acids is 2. The zero-order valence-corrected chi connectivity index (χ0v) is 14.5. The van der Waals surface area contributed by atoms with Gasteiger partial charge in [0.25, 0.3) is 5.91 Å². The molecule has 23 heavy (non-hydrogen) atoms. The lowest BCUT2D eigenvalue weighted by atomic mass is 10.0. The Morgan fingerprint density at radius 3 is 2.74 bits per heavy atom. The molecule has 0 spiro atoms. The van der Waals surface area contributed by atoms with Gasteiger partial charge >= 0.3 is 5.97 Å². The van der Waals surface area contributed by atoms with E-state index in [1.54, 1.807) is 0 Å². The minimum atomic E-state index is -0.903. The highest BCUT2D eigenvalue weighted by Gasteiger charge is 2.21. The first kappa shape index (κ1) is 18.0. The number of amides is 1. The molecule has 7 heteroatoms. The predicted molar refractivity (Wildman–Crippen MR) is 89.6 cm³/mol. The quantitative estimate of drug-likeness (QED) is 0.772. The lowest BCUT2D eigenvalue weighted by molar-refractivity contribution is -0.153. The molecule has 2 rings (SSSR count). The molecular weight excluding hydrogens is 339 g/mol. The number of hydrogen-bond acceptors (Lipinski definition) is 4. The fourth-order valence-corrected chi connectivity index (χ4v) is 3.08. The third kappa shape index (κ3) is 5.66. The van der Waals surface area contributed by atoms with Crippen molar-refractivity contribution in [3.05, 3.63) is 22.3 Å². The Hall–Kier alpha value is -1.33. The maximum atomic E-state index is 12.0. The second-order valence-electron chi connectivity index (χ2n) is 5.79. The van der Waals surface area contributed by atoms with Gasteiger partial charge in [0.2, 0.25) is 0 Å². The van der Waals surface area contributed by atoms with Crippen molar-refractivity contribution in [1.82, 2.24) is 4.98 Å². The Balaban J connectivity index is 1.78. The Morgan fingerprint density at radius 1 is 1.39 bits per heavy atom. The number of ether oxygens (including phenoxy) is 1. The first-order chi connectivity index (χ1) is 11.0. The number of carbonyl (C=O) groups is 2. The number of anilines is 1. The molecule has 1 aromatic rings. The summed E-state index contributed by atoms with van der Waals surface area (Å²) in [5.41, 5.74) is 0. The molecule has 1 heterocycles. The molecule has 0 aromatic carbocycles. The summed E-state index contributed by atoms with van der Waals surface area (Å²) in [4.78, 5) is 27.8. The maximum Gasteiger partial charge on any atom is 0.306 e. The highest BCUT2D eigenvalue weighted by atomic mass is 35.5.